The van der Waals surface area contributed by atoms with E-state index in [-0.39, 0.29) is 0 Å². The zero-order chi connectivity index (χ0) is 18.5. The van der Waals surface area contributed by atoms with Crippen molar-refractivity contribution in [3.63, 3.8) is 0 Å². The third kappa shape index (κ3) is 4.66. The molecule has 2 N–H and O–H groups in total. The Balaban J connectivity index is 1.74. The smallest absolute Gasteiger partial charge is 0.214 e. The minimum Gasteiger partial charge on any atom is -0.489 e. The highest BCUT2D eigenvalue weighted by Gasteiger charge is 2.08. The van der Waals surface area contributed by atoms with E-state index in [1.54, 1.807) is 4.68 Å². The average molecular weight is 454 g/mol. The van der Waals surface area contributed by atoms with Gasteiger partial charge < -0.3 is 10.2 Å². The molecule has 0 amide bonds. The fourth-order valence-corrected chi connectivity index (χ4v) is 3.21. The molecule has 0 unspecified atom stereocenters. The summed E-state index contributed by atoms with van der Waals surface area (Å²) >= 11 is 14.7. The predicted molar refractivity (Wildman–Crippen MR) is 110 cm³/mol. The maximum absolute atomic E-state index is 6.01. The molecule has 0 atom stereocenters. The van der Waals surface area contributed by atoms with Crippen molar-refractivity contribution in [3.05, 3.63) is 73.7 Å². The van der Waals surface area contributed by atoms with E-state index in [0.717, 1.165) is 33.6 Å². The first-order valence-corrected chi connectivity index (χ1v) is 9.70. The Morgan fingerprint density at radius 1 is 1.27 bits per heavy atom. The van der Waals surface area contributed by atoms with E-state index in [1.807, 2.05) is 49.4 Å². The van der Waals surface area contributed by atoms with Crippen LogP contribution in [0.15, 0.2) is 46.9 Å². The lowest BCUT2D eigenvalue weighted by Crippen LogP contribution is -2.17. The standard InChI is InChI=1S/C18H18BrClN4OS/c1-2-17-22-23-18(26)24(17)21-10-13-9-14(19)5-8-16(13)25-11-12-3-6-15(20)7-4-12/h3-9,21H,2,10-11H2,1H3,(H,23,26). The second kappa shape index (κ2) is 8.70. The quantitative estimate of drug-likeness (QED) is 0.480. The minimum absolute atomic E-state index is 0.469. The van der Waals surface area contributed by atoms with Crippen molar-refractivity contribution >= 4 is 39.7 Å². The first-order valence-electron chi connectivity index (χ1n) is 8.12. The summed E-state index contributed by atoms with van der Waals surface area (Å²) in [6.45, 7) is 3.05. The van der Waals surface area contributed by atoms with Crippen molar-refractivity contribution in [2.75, 3.05) is 5.43 Å². The summed E-state index contributed by atoms with van der Waals surface area (Å²) in [5, 5.41) is 7.72. The van der Waals surface area contributed by atoms with Crippen LogP contribution >= 0.6 is 39.7 Å². The van der Waals surface area contributed by atoms with Crippen LogP contribution in [0.3, 0.4) is 0 Å². The molecule has 0 saturated heterocycles. The summed E-state index contributed by atoms with van der Waals surface area (Å²) in [6.07, 6.45) is 0.776. The molecule has 1 aromatic heterocycles. The third-order valence-electron chi connectivity index (χ3n) is 3.82. The van der Waals surface area contributed by atoms with Gasteiger partial charge in [0.15, 0.2) is 5.82 Å². The summed E-state index contributed by atoms with van der Waals surface area (Å²) in [6, 6.07) is 13.6. The van der Waals surface area contributed by atoms with Gasteiger partial charge in [-0.2, -0.15) is 5.10 Å². The van der Waals surface area contributed by atoms with Crippen molar-refractivity contribution in [1.82, 2.24) is 14.9 Å². The van der Waals surface area contributed by atoms with Crippen LogP contribution in [-0.4, -0.2) is 14.9 Å². The van der Waals surface area contributed by atoms with Crippen LogP contribution in [0.4, 0.5) is 0 Å². The molecule has 136 valence electrons. The number of hydrogen-bond donors (Lipinski definition) is 2. The SMILES string of the molecule is CCc1n[nH]c(=S)n1NCc1cc(Br)ccc1OCc1ccc(Cl)cc1. The van der Waals surface area contributed by atoms with Crippen LogP contribution < -0.4 is 10.2 Å². The predicted octanol–water partition coefficient (Wildman–Crippen LogP) is 5.24. The number of benzene rings is 2. The molecular weight excluding hydrogens is 436 g/mol. The fourth-order valence-electron chi connectivity index (χ4n) is 2.46. The van der Waals surface area contributed by atoms with Crippen LogP contribution in [0.5, 0.6) is 5.75 Å². The molecular formula is C18H18BrClN4OS. The number of aromatic nitrogens is 3. The molecule has 0 aliphatic carbocycles. The van der Waals surface area contributed by atoms with Gasteiger partial charge in [-0.15, -0.1) is 0 Å². The van der Waals surface area contributed by atoms with Crippen molar-refractivity contribution in [2.45, 2.75) is 26.5 Å². The Morgan fingerprint density at radius 3 is 2.77 bits per heavy atom. The number of hydrogen-bond acceptors (Lipinski definition) is 4. The van der Waals surface area contributed by atoms with Gasteiger partial charge in [0.05, 0.1) is 6.54 Å². The average Bonchev–Trinajstić information content (AvgIpc) is 3.00. The summed E-state index contributed by atoms with van der Waals surface area (Å²) in [5.41, 5.74) is 5.37. The molecule has 0 saturated carbocycles. The topological polar surface area (TPSA) is 54.9 Å². The molecule has 8 heteroatoms. The Bertz CT molecular complexity index is 939. The molecule has 0 fully saturated rings. The lowest BCUT2D eigenvalue weighted by atomic mass is 10.2. The summed E-state index contributed by atoms with van der Waals surface area (Å²) < 4.78 is 9.33. The number of H-pyrrole nitrogens is 1. The monoisotopic (exact) mass is 452 g/mol. The molecule has 0 spiro atoms. The van der Waals surface area contributed by atoms with Crippen molar-refractivity contribution < 1.29 is 4.74 Å². The molecule has 3 rings (SSSR count). The molecule has 0 aliphatic heterocycles. The summed E-state index contributed by atoms with van der Waals surface area (Å²) in [4.78, 5) is 0. The van der Waals surface area contributed by atoms with E-state index in [2.05, 4.69) is 31.6 Å². The molecule has 0 radical (unpaired) electrons. The fraction of sp³-hybridized carbons (Fsp3) is 0.222. The molecule has 3 aromatic rings. The highest BCUT2D eigenvalue weighted by atomic mass is 79.9. The van der Waals surface area contributed by atoms with Crippen molar-refractivity contribution in [1.29, 1.82) is 0 Å². The second-order valence-corrected chi connectivity index (χ2v) is 7.37. The van der Waals surface area contributed by atoms with Crippen molar-refractivity contribution in [2.24, 2.45) is 0 Å². The normalized spacial score (nSPS) is 10.7. The summed E-state index contributed by atoms with van der Waals surface area (Å²) in [7, 11) is 0. The van der Waals surface area contributed by atoms with Crippen molar-refractivity contribution in [3.8, 4) is 5.75 Å². The number of aromatic amines is 1. The zero-order valence-electron chi connectivity index (χ0n) is 14.1. The van der Waals surface area contributed by atoms with Crippen LogP contribution in [0.2, 0.25) is 5.02 Å². The Morgan fingerprint density at radius 2 is 2.04 bits per heavy atom. The van der Waals surface area contributed by atoms with Gasteiger partial charge in [0.25, 0.3) is 0 Å². The first-order chi connectivity index (χ1) is 12.6. The van der Waals surface area contributed by atoms with Crippen LogP contribution in [0, 0.1) is 4.77 Å². The molecule has 1 heterocycles. The van der Waals surface area contributed by atoms with Gasteiger partial charge in [-0.25, -0.2) is 4.68 Å². The maximum Gasteiger partial charge on any atom is 0.214 e. The van der Waals surface area contributed by atoms with Gasteiger partial charge in [0.2, 0.25) is 4.77 Å². The van der Waals surface area contributed by atoms with Gasteiger partial charge in [0, 0.05) is 21.5 Å². The highest BCUT2D eigenvalue weighted by Crippen LogP contribution is 2.24. The number of nitrogens with zero attached hydrogens (tertiary/aromatic N) is 2. The lowest BCUT2D eigenvalue weighted by Gasteiger charge is -2.14. The van der Waals surface area contributed by atoms with Crippen LogP contribution in [0.1, 0.15) is 23.9 Å². The molecule has 0 aliphatic rings. The maximum atomic E-state index is 6.01. The Hall–Kier alpha value is -1.83. The molecule has 26 heavy (non-hydrogen) atoms. The van der Waals surface area contributed by atoms with Gasteiger partial charge in [-0.3, -0.25) is 5.10 Å². The Kier molecular flexibility index (Phi) is 6.34. The third-order valence-corrected chi connectivity index (χ3v) is 4.83. The van der Waals surface area contributed by atoms with Gasteiger partial charge in [-0.05, 0) is 48.1 Å². The van der Waals surface area contributed by atoms with Gasteiger partial charge in [-0.1, -0.05) is 46.6 Å². The van der Waals surface area contributed by atoms with Crippen LogP contribution in [0.25, 0.3) is 0 Å². The number of ether oxygens (including phenoxy) is 1. The van der Waals surface area contributed by atoms with E-state index < -0.39 is 0 Å². The molecule has 5 nitrogen and oxygen atoms in total. The van der Waals surface area contributed by atoms with E-state index in [1.165, 1.54) is 0 Å². The number of aryl methyl sites for hydroxylation is 1. The zero-order valence-corrected chi connectivity index (χ0v) is 17.3. The Labute approximate surface area is 170 Å². The first kappa shape index (κ1) is 18.9. The molecule has 0 bridgehead atoms. The lowest BCUT2D eigenvalue weighted by molar-refractivity contribution is 0.303. The van der Waals surface area contributed by atoms with E-state index >= 15 is 0 Å². The number of rotatable bonds is 7. The summed E-state index contributed by atoms with van der Waals surface area (Å²) in [5.74, 6) is 1.66. The van der Waals surface area contributed by atoms with Gasteiger partial charge >= 0.3 is 0 Å². The minimum atomic E-state index is 0.469. The number of halogens is 2. The van der Waals surface area contributed by atoms with E-state index in [4.69, 9.17) is 28.6 Å². The second-order valence-electron chi connectivity index (χ2n) is 5.64. The van der Waals surface area contributed by atoms with Crippen LogP contribution in [-0.2, 0) is 19.6 Å². The largest absolute Gasteiger partial charge is 0.489 e. The highest BCUT2D eigenvalue weighted by molar-refractivity contribution is 9.10. The van der Waals surface area contributed by atoms with Gasteiger partial charge in [0.1, 0.15) is 12.4 Å². The van der Waals surface area contributed by atoms with E-state index in [0.29, 0.717) is 22.9 Å². The molecule has 2 aromatic carbocycles. The van der Waals surface area contributed by atoms with E-state index in [9.17, 15) is 0 Å². The number of nitrogens with one attached hydrogen (secondary N) is 2.